The Hall–Kier alpha value is -2.89. The van der Waals surface area contributed by atoms with Gasteiger partial charge in [-0.2, -0.15) is 0 Å². The maximum absolute atomic E-state index is 12.7. The molecular weight excluding hydrogens is 298 g/mol. The van der Waals surface area contributed by atoms with Gasteiger partial charge in [0, 0.05) is 11.1 Å². The van der Waals surface area contributed by atoms with Crippen molar-refractivity contribution < 1.29 is 23.7 Å². The minimum absolute atomic E-state index is 0.210. The van der Waals surface area contributed by atoms with E-state index in [-0.39, 0.29) is 5.78 Å². The summed E-state index contributed by atoms with van der Waals surface area (Å²) in [5.74, 6) is 1.57. The summed E-state index contributed by atoms with van der Waals surface area (Å²) in [6.07, 6.45) is 0. The van der Waals surface area contributed by atoms with Crippen molar-refractivity contribution in [2.45, 2.75) is 0 Å². The Balaban J connectivity index is 2.49. The van der Waals surface area contributed by atoms with E-state index in [9.17, 15) is 4.79 Å². The predicted octanol–water partition coefficient (Wildman–Crippen LogP) is 2.53. The van der Waals surface area contributed by atoms with Crippen molar-refractivity contribution in [3.8, 4) is 23.0 Å². The lowest BCUT2D eigenvalue weighted by Crippen LogP contribution is -2.05. The maximum Gasteiger partial charge on any atom is 0.203 e. The summed E-state index contributed by atoms with van der Waals surface area (Å²) < 4.78 is 20.9. The standard InChI is InChI=1S/C17H19NO5/c1-20-13-6-5-10(7-12(13)18)16(19)11-8-14(21-2)17(23-4)15(9-11)22-3/h5-9H,18H2,1-4H3. The third-order valence-electron chi connectivity index (χ3n) is 3.42. The number of hydrogen-bond donors (Lipinski definition) is 1. The Morgan fingerprint density at radius 3 is 1.78 bits per heavy atom. The Morgan fingerprint density at radius 2 is 1.35 bits per heavy atom. The molecular formula is C17H19NO5. The van der Waals surface area contributed by atoms with Crippen LogP contribution in [0.4, 0.5) is 5.69 Å². The molecule has 0 saturated carbocycles. The van der Waals surface area contributed by atoms with E-state index in [1.807, 2.05) is 0 Å². The molecule has 0 radical (unpaired) electrons. The summed E-state index contributed by atoms with van der Waals surface area (Å²) in [5, 5.41) is 0. The molecule has 0 aliphatic carbocycles. The summed E-state index contributed by atoms with van der Waals surface area (Å²) >= 11 is 0. The Bertz CT molecular complexity index is 702. The third kappa shape index (κ3) is 3.15. The smallest absolute Gasteiger partial charge is 0.203 e. The summed E-state index contributed by atoms with van der Waals surface area (Å²) in [6, 6.07) is 8.08. The zero-order chi connectivity index (χ0) is 17.0. The molecule has 6 nitrogen and oxygen atoms in total. The molecule has 0 aliphatic rings. The Morgan fingerprint density at radius 1 is 0.783 bits per heavy atom. The van der Waals surface area contributed by atoms with E-state index in [1.165, 1.54) is 28.4 Å². The SMILES string of the molecule is COc1ccc(C(=O)c2cc(OC)c(OC)c(OC)c2)cc1N. The number of ketones is 1. The molecule has 2 N–H and O–H groups in total. The molecule has 6 heteroatoms. The number of methoxy groups -OCH3 is 4. The number of anilines is 1. The zero-order valence-corrected chi connectivity index (χ0v) is 13.5. The average Bonchev–Trinajstić information content (AvgIpc) is 2.59. The molecule has 2 rings (SSSR count). The number of ether oxygens (including phenoxy) is 4. The van der Waals surface area contributed by atoms with Crippen LogP contribution in [0, 0.1) is 0 Å². The van der Waals surface area contributed by atoms with Crippen LogP contribution in [0.15, 0.2) is 30.3 Å². The number of rotatable bonds is 6. The van der Waals surface area contributed by atoms with Gasteiger partial charge in [0.25, 0.3) is 0 Å². The summed E-state index contributed by atoms with van der Waals surface area (Å²) in [4.78, 5) is 12.7. The topological polar surface area (TPSA) is 80.0 Å². The number of carbonyl (C=O) groups is 1. The largest absolute Gasteiger partial charge is 0.495 e. The quantitative estimate of drug-likeness (QED) is 0.651. The zero-order valence-electron chi connectivity index (χ0n) is 13.5. The van der Waals surface area contributed by atoms with Crippen LogP contribution in [0.3, 0.4) is 0 Å². The van der Waals surface area contributed by atoms with Gasteiger partial charge in [0.05, 0.1) is 34.1 Å². The van der Waals surface area contributed by atoms with Gasteiger partial charge in [-0.15, -0.1) is 0 Å². The van der Waals surface area contributed by atoms with Gasteiger partial charge in [0.2, 0.25) is 5.75 Å². The van der Waals surface area contributed by atoms with Crippen LogP contribution in [0.25, 0.3) is 0 Å². The maximum atomic E-state index is 12.7. The molecule has 0 atom stereocenters. The summed E-state index contributed by atoms with van der Waals surface area (Å²) in [5.41, 5.74) is 7.10. The second-order valence-corrected chi connectivity index (χ2v) is 4.70. The van der Waals surface area contributed by atoms with E-state index in [0.29, 0.717) is 39.8 Å². The van der Waals surface area contributed by atoms with Crippen LogP contribution in [0.1, 0.15) is 15.9 Å². The van der Waals surface area contributed by atoms with E-state index < -0.39 is 0 Å². The number of benzene rings is 2. The van der Waals surface area contributed by atoms with Crippen molar-refractivity contribution in [1.82, 2.24) is 0 Å². The molecule has 0 unspecified atom stereocenters. The van der Waals surface area contributed by atoms with Crippen molar-refractivity contribution in [3.05, 3.63) is 41.5 Å². The molecule has 23 heavy (non-hydrogen) atoms. The van der Waals surface area contributed by atoms with Gasteiger partial charge in [-0.25, -0.2) is 0 Å². The van der Waals surface area contributed by atoms with Gasteiger partial charge < -0.3 is 24.7 Å². The molecule has 0 saturated heterocycles. The fourth-order valence-corrected chi connectivity index (χ4v) is 2.25. The van der Waals surface area contributed by atoms with Crippen LogP contribution in [0.2, 0.25) is 0 Å². The van der Waals surface area contributed by atoms with E-state index in [2.05, 4.69) is 0 Å². The molecule has 0 fully saturated rings. The number of carbonyl (C=O) groups excluding carboxylic acids is 1. The average molecular weight is 317 g/mol. The van der Waals surface area contributed by atoms with Gasteiger partial charge in [0.1, 0.15) is 5.75 Å². The van der Waals surface area contributed by atoms with Gasteiger partial charge in [-0.05, 0) is 30.3 Å². The first kappa shape index (κ1) is 16.5. The van der Waals surface area contributed by atoms with Crippen LogP contribution >= 0.6 is 0 Å². The Kier molecular flexibility index (Phi) is 4.95. The van der Waals surface area contributed by atoms with E-state index in [1.54, 1.807) is 30.3 Å². The molecule has 0 heterocycles. The van der Waals surface area contributed by atoms with Gasteiger partial charge in [-0.1, -0.05) is 0 Å². The molecule has 122 valence electrons. The van der Waals surface area contributed by atoms with Crippen molar-refractivity contribution >= 4 is 11.5 Å². The van der Waals surface area contributed by atoms with Crippen LogP contribution in [-0.4, -0.2) is 34.2 Å². The molecule has 0 aliphatic heterocycles. The van der Waals surface area contributed by atoms with Crippen LogP contribution in [0.5, 0.6) is 23.0 Å². The van der Waals surface area contributed by atoms with Crippen molar-refractivity contribution in [1.29, 1.82) is 0 Å². The van der Waals surface area contributed by atoms with Gasteiger partial charge >= 0.3 is 0 Å². The second kappa shape index (κ2) is 6.91. The number of nitrogen functional groups attached to an aromatic ring is 1. The lowest BCUT2D eigenvalue weighted by molar-refractivity contribution is 0.103. The fourth-order valence-electron chi connectivity index (χ4n) is 2.25. The Labute approximate surface area is 134 Å². The molecule has 0 bridgehead atoms. The van der Waals surface area contributed by atoms with Crippen molar-refractivity contribution in [3.63, 3.8) is 0 Å². The monoisotopic (exact) mass is 317 g/mol. The molecule has 0 aromatic heterocycles. The summed E-state index contributed by atoms with van der Waals surface area (Å²) in [7, 11) is 6.02. The first-order chi connectivity index (χ1) is 11.0. The van der Waals surface area contributed by atoms with Crippen LogP contribution in [-0.2, 0) is 0 Å². The molecule has 0 spiro atoms. The second-order valence-electron chi connectivity index (χ2n) is 4.70. The van der Waals surface area contributed by atoms with Gasteiger partial charge in [0.15, 0.2) is 17.3 Å². The first-order valence-electron chi connectivity index (χ1n) is 6.84. The van der Waals surface area contributed by atoms with Crippen molar-refractivity contribution in [2.24, 2.45) is 0 Å². The van der Waals surface area contributed by atoms with E-state index >= 15 is 0 Å². The number of hydrogen-bond acceptors (Lipinski definition) is 6. The summed E-state index contributed by atoms with van der Waals surface area (Å²) in [6.45, 7) is 0. The third-order valence-corrected chi connectivity index (χ3v) is 3.42. The molecule has 2 aromatic carbocycles. The number of nitrogens with two attached hydrogens (primary N) is 1. The lowest BCUT2D eigenvalue weighted by Gasteiger charge is -2.14. The van der Waals surface area contributed by atoms with E-state index in [0.717, 1.165) is 0 Å². The van der Waals surface area contributed by atoms with Crippen molar-refractivity contribution in [2.75, 3.05) is 34.2 Å². The minimum Gasteiger partial charge on any atom is -0.495 e. The molecule has 0 amide bonds. The van der Waals surface area contributed by atoms with Gasteiger partial charge in [-0.3, -0.25) is 4.79 Å². The fraction of sp³-hybridized carbons (Fsp3) is 0.235. The first-order valence-corrected chi connectivity index (χ1v) is 6.84. The van der Waals surface area contributed by atoms with E-state index in [4.69, 9.17) is 24.7 Å². The normalized spacial score (nSPS) is 10.1. The predicted molar refractivity (Wildman–Crippen MR) is 86.9 cm³/mol. The molecule has 2 aromatic rings. The highest BCUT2D eigenvalue weighted by atomic mass is 16.5. The van der Waals surface area contributed by atoms with Crippen LogP contribution < -0.4 is 24.7 Å². The highest BCUT2D eigenvalue weighted by molar-refractivity contribution is 6.10. The minimum atomic E-state index is -0.210. The highest BCUT2D eigenvalue weighted by Crippen LogP contribution is 2.38. The lowest BCUT2D eigenvalue weighted by atomic mass is 10.0. The highest BCUT2D eigenvalue weighted by Gasteiger charge is 2.18.